The summed E-state index contributed by atoms with van der Waals surface area (Å²) in [6.45, 7) is 10.1. The van der Waals surface area contributed by atoms with Crippen LogP contribution in [0.2, 0.25) is 0 Å². The molecule has 3 nitrogen and oxygen atoms in total. The molecule has 2 saturated heterocycles. The summed E-state index contributed by atoms with van der Waals surface area (Å²) < 4.78 is 6.29. The van der Waals surface area contributed by atoms with Gasteiger partial charge in [0.05, 0.1) is 12.7 Å². The molecule has 4 bridgehead atoms. The maximum absolute atomic E-state index is 11.3. The minimum atomic E-state index is -0.235. The van der Waals surface area contributed by atoms with Crippen molar-refractivity contribution in [1.82, 2.24) is 4.90 Å². The smallest absolute Gasteiger partial charge is 0.116 e. The molecule has 1 spiro atoms. The van der Waals surface area contributed by atoms with Crippen LogP contribution in [0, 0.1) is 34.0 Å². The molecule has 6 fully saturated rings. The van der Waals surface area contributed by atoms with E-state index in [0.717, 1.165) is 19.1 Å². The molecule has 4 heteroatoms. The minimum absolute atomic E-state index is 0. The molecule has 8 atom stereocenters. The van der Waals surface area contributed by atoms with Crippen LogP contribution in [0.1, 0.15) is 58.3 Å². The van der Waals surface area contributed by atoms with Crippen LogP contribution in [-0.2, 0) is 4.74 Å². The summed E-state index contributed by atoms with van der Waals surface area (Å²) in [5.74, 6) is 2.09. The summed E-state index contributed by atoms with van der Waals surface area (Å²) in [7, 11) is 0. The van der Waals surface area contributed by atoms with Crippen LogP contribution in [0.25, 0.3) is 0 Å². The van der Waals surface area contributed by atoms with Gasteiger partial charge < -0.3 is 9.84 Å². The zero-order valence-electron chi connectivity index (χ0n) is 16.1. The van der Waals surface area contributed by atoms with Crippen LogP contribution in [-0.4, -0.2) is 42.0 Å². The molecule has 1 N–H and O–H groups in total. The molecule has 4 saturated carbocycles. The van der Waals surface area contributed by atoms with Crippen LogP contribution in [0.15, 0.2) is 12.2 Å². The number of hydrogen-bond donors (Lipinski definition) is 1. The van der Waals surface area contributed by atoms with Crippen LogP contribution in [0.5, 0.6) is 0 Å². The lowest BCUT2D eigenvalue weighted by Crippen LogP contribution is -2.70. The van der Waals surface area contributed by atoms with Crippen molar-refractivity contribution in [2.75, 3.05) is 19.7 Å². The number of piperidine rings is 1. The van der Waals surface area contributed by atoms with Gasteiger partial charge in [-0.05, 0) is 73.7 Å². The van der Waals surface area contributed by atoms with Gasteiger partial charge in [-0.25, -0.2) is 0 Å². The Kier molecular flexibility index (Phi) is 3.80. The monoisotopic (exact) mass is 379 g/mol. The SMILES string of the molecule is C=C1[C@H]2CC[C@@H]3C(CC[C@H]4C35CCC[C@]4(C)[C@H]3OCCN3C5)(C2)[C@@H]1O.Cl. The zero-order chi connectivity index (χ0) is 17.0. The Bertz CT molecular complexity index is 640. The molecule has 2 unspecified atom stereocenters. The standard InChI is InChI=1S/C22H33NO2.ClH/c1-14-15-4-5-17-21(12-15,18(14)24)9-6-16-20(2)7-3-8-22(16,17)13-23-10-11-25-19(20)23;/h15-19,24H,1,3-13H2,2H3;1H/t15-,16+,17+,18+,19+,20-,21?,22?;/m0./s1. The van der Waals surface area contributed by atoms with Gasteiger partial charge in [0.2, 0.25) is 0 Å². The second-order valence-electron chi connectivity index (χ2n) is 10.6. The number of nitrogens with zero attached hydrogens (tertiary/aromatic N) is 1. The van der Waals surface area contributed by atoms with E-state index in [0.29, 0.717) is 28.9 Å². The van der Waals surface area contributed by atoms with Crippen LogP contribution in [0.3, 0.4) is 0 Å². The second-order valence-corrected chi connectivity index (χ2v) is 10.6. The van der Waals surface area contributed by atoms with Gasteiger partial charge in [0.25, 0.3) is 0 Å². The molecule has 0 aromatic rings. The first-order valence-electron chi connectivity index (χ1n) is 10.7. The first-order chi connectivity index (χ1) is 12.0. The molecule has 6 aliphatic rings. The Balaban J connectivity index is 0.00000150. The molecule has 0 aromatic carbocycles. The third-order valence-electron chi connectivity index (χ3n) is 10.0. The van der Waals surface area contributed by atoms with Crippen molar-refractivity contribution in [1.29, 1.82) is 0 Å². The number of rotatable bonds is 0. The van der Waals surface area contributed by atoms with E-state index in [4.69, 9.17) is 4.74 Å². The highest BCUT2D eigenvalue weighted by atomic mass is 35.5. The van der Waals surface area contributed by atoms with Gasteiger partial charge in [0.15, 0.2) is 0 Å². The number of halogens is 1. The van der Waals surface area contributed by atoms with Crippen molar-refractivity contribution < 1.29 is 9.84 Å². The number of aliphatic hydroxyl groups is 1. The lowest BCUT2D eigenvalue weighted by atomic mass is 9.38. The third kappa shape index (κ3) is 1.83. The van der Waals surface area contributed by atoms with E-state index in [2.05, 4.69) is 18.4 Å². The molecular weight excluding hydrogens is 346 g/mol. The fraction of sp³-hybridized carbons (Fsp3) is 0.909. The van der Waals surface area contributed by atoms with Gasteiger partial charge in [-0.15, -0.1) is 12.4 Å². The van der Waals surface area contributed by atoms with Gasteiger partial charge in [0.1, 0.15) is 6.23 Å². The fourth-order valence-electron chi connectivity index (χ4n) is 9.34. The Hall–Kier alpha value is -0.0900. The highest BCUT2D eigenvalue weighted by Crippen LogP contribution is 2.74. The highest BCUT2D eigenvalue weighted by molar-refractivity contribution is 5.85. The summed E-state index contributed by atoms with van der Waals surface area (Å²) in [6, 6.07) is 0. The van der Waals surface area contributed by atoms with Crippen LogP contribution >= 0.6 is 12.4 Å². The van der Waals surface area contributed by atoms with Crippen molar-refractivity contribution in [2.24, 2.45) is 34.0 Å². The van der Waals surface area contributed by atoms with Gasteiger partial charge >= 0.3 is 0 Å². The minimum Gasteiger partial charge on any atom is -0.388 e. The van der Waals surface area contributed by atoms with Crippen molar-refractivity contribution in [3.8, 4) is 0 Å². The molecule has 0 amide bonds. The largest absolute Gasteiger partial charge is 0.388 e. The normalized spacial score (nSPS) is 57.8. The molecule has 0 aromatic heterocycles. The Labute approximate surface area is 163 Å². The van der Waals surface area contributed by atoms with E-state index in [9.17, 15) is 5.11 Å². The van der Waals surface area contributed by atoms with Gasteiger partial charge in [-0.1, -0.05) is 19.9 Å². The lowest BCUT2D eigenvalue weighted by Gasteiger charge is -2.70. The first-order valence-corrected chi connectivity index (χ1v) is 10.7. The molecular formula is C22H34ClNO2. The molecule has 2 aliphatic heterocycles. The number of hydrogen-bond acceptors (Lipinski definition) is 3. The predicted octanol–water partition coefficient (Wildman–Crippen LogP) is 4.00. The van der Waals surface area contributed by atoms with Crippen molar-refractivity contribution >= 4 is 12.4 Å². The summed E-state index contributed by atoms with van der Waals surface area (Å²) >= 11 is 0. The quantitative estimate of drug-likeness (QED) is 0.646. The number of ether oxygens (including phenoxy) is 1. The van der Waals surface area contributed by atoms with E-state index in [1.54, 1.807) is 0 Å². The zero-order valence-corrected chi connectivity index (χ0v) is 16.9. The van der Waals surface area contributed by atoms with Gasteiger partial charge in [0, 0.05) is 23.9 Å². The predicted molar refractivity (Wildman–Crippen MR) is 104 cm³/mol. The summed E-state index contributed by atoms with van der Waals surface area (Å²) in [4.78, 5) is 2.69. The van der Waals surface area contributed by atoms with E-state index in [1.165, 1.54) is 63.5 Å². The maximum Gasteiger partial charge on any atom is 0.116 e. The lowest BCUT2D eigenvalue weighted by molar-refractivity contribution is -0.259. The van der Waals surface area contributed by atoms with Gasteiger partial charge in [-0.3, -0.25) is 4.90 Å². The Morgan fingerprint density at radius 1 is 1.12 bits per heavy atom. The fourth-order valence-corrected chi connectivity index (χ4v) is 9.34. The van der Waals surface area contributed by atoms with Crippen molar-refractivity contribution in [2.45, 2.75) is 70.6 Å². The molecule has 2 heterocycles. The summed E-state index contributed by atoms with van der Waals surface area (Å²) in [5, 5.41) is 11.3. The van der Waals surface area contributed by atoms with Crippen molar-refractivity contribution in [3.63, 3.8) is 0 Å². The number of fused-ring (bicyclic) bond motifs is 3. The van der Waals surface area contributed by atoms with E-state index < -0.39 is 0 Å². The third-order valence-corrected chi connectivity index (χ3v) is 10.0. The molecule has 0 radical (unpaired) electrons. The maximum atomic E-state index is 11.3. The number of aliphatic hydroxyl groups excluding tert-OH is 1. The van der Waals surface area contributed by atoms with Crippen LogP contribution in [0.4, 0.5) is 0 Å². The second kappa shape index (κ2) is 5.49. The average Bonchev–Trinajstić information content (AvgIpc) is 3.13. The van der Waals surface area contributed by atoms with Crippen molar-refractivity contribution in [3.05, 3.63) is 12.2 Å². The molecule has 146 valence electrons. The van der Waals surface area contributed by atoms with Crippen LogP contribution < -0.4 is 0 Å². The topological polar surface area (TPSA) is 32.7 Å². The van der Waals surface area contributed by atoms with E-state index in [1.807, 2.05) is 0 Å². The summed E-state index contributed by atoms with van der Waals surface area (Å²) in [5.41, 5.74) is 2.08. The van der Waals surface area contributed by atoms with E-state index in [-0.39, 0.29) is 23.9 Å². The Morgan fingerprint density at radius 2 is 1.96 bits per heavy atom. The molecule has 6 rings (SSSR count). The first kappa shape index (κ1) is 18.0. The average molecular weight is 380 g/mol. The highest BCUT2D eigenvalue weighted by Gasteiger charge is 2.71. The molecule has 26 heavy (non-hydrogen) atoms. The Morgan fingerprint density at radius 3 is 2.81 bits per heavy atom. The van der Waals surface area contributed by atoms with E-state index >= 15 is 0 Å². The summed E-state index contributed by atoms with van der Waals surface area (Å²) in [6.07, 6.45) is 10.5. The molecule has 4 aliphatic carbocycles. The van der Waals surface area contributed by atoms with Gasteiger partial charge in [-0.2, -0.15) is 0 Å².